The summed E-state index contributed by atoms with van der Waals surface area (Å²) >= 11 is 0. The first-order valence-corrected chi connectivity index (χ1v) is 16.6. The van der Waals surface area contributed by atoms with Crippen LogP contribution in [0.1, 0.15) is 41.6 Å². The van der Waals surface area contributed by atoms with Crippen LogP contribution in [-0.4, -0.2) is 59.5 Å². The lowest BCUT2D eigenvalue weighted by Gasteiger charge is -2.21. The van der Waals surface area contributed by atoms with Gasteiger partial charge in [0.25, 0.3) is 15.9 Å². The Kier molecular flexibility index (Phi) is 8.72. The van der Waals surface area contributed by atoms with Crippen LogP contribution in [0.4, 0.5) is 24.5 Å². The maximum atomic E-state index is 13.5. The lowest BCUT2D eigenvalue weighted by molar-refractivity contribution is -0.153. The van der Waals surface area contributed by atoms with Crippen molar-refractivity contribution in [2.24, 2.45) is 0 Å². The van der Waals surface area contributed by atoms with Crippen molar-refractivity contribution in [3.8, 4) is 5.75 Å². The molecule has 3 aromatic rings. The Balaban J connectivity index is 1.44. The number of carbonyl (C=O) groups is 1. The predicted octanol–water partition coefficient (Wildman–Crippen LogP) is 5.20. The van der Waals surface area contributed by atoms with Crippen molar-refractivity contribution in [1.82, 2.24) is 4.31 Å². The highest BCUT2D eigenvalue weighted by atomic mass is 32.2. The van der Waals surface area contributed by atoms with Gasteiger partial charge in [0, 0.05) is 25.2 Å². The third kappa shape index (κ3) is 6.81. The molecule has 2 heterocycles. The number of nitrogens with zero attached hydrogens (tertiary/aromatic N) is 2. The van der Waals surface area contributed by atoms with E-state index in [1.165, 1.54) is 32.9 Å². The summed E-state index contributed by atoms with van der Waals surface area (Å²) in [6.07, 6.45) is -1.02. The van der Waals surface area contributed by atoms with E-state index in [9.17, 15) is 34.8 Å². The molecule has 43 heavy (non-hydrogen) atoms. The Morgan fingerprint density at radius 2 is 1.51 bits per heavy atom. The van der Waals surface area contributed by atoms with Crippen molar-refractivity contribution in [2.75, 3.05) is 35.9 Å². The first kappa shape index (κ1) is 30.8. The smallest absolute Gasteiger partial charge is 0.422 e. The van der Waals surface area contributed by atoms with Gasteiger partial charge in [-0.05, 0) is 67.3 Å². The summed E-state index contributed by atoms with van der Waals surface area (Å²) in [6.45, 7) is -0.826. The Bertz CT molecular complexity index is 1720. The molecule has 14 heteroatoms. The van der Waals surface area contributed by atoms with Crippen LogP contribution in [0.15, 0.2) is 76.5 Å². The van der Waals surface area contributed by atoms with Crippen molar-refractivity contribution in [2.45, 2.75) is 48.1 Å². The van der Waals surface area contributed by atoms with Gasteiger partial charge in [-0.2, -0.15) is 17.5 Å². The molecule has 1 N–H and O–H groups in total. The second-order valence-corrected chi connectivity index (χ2v) is 14.1. The first-order chi connectivity index (χ1) is 20.4. The number of fused-ring (bicyclic) bond motifs is 1. The molecule has 0 spiro atoms. The van der Waals surface area contributed by atoms with Crippen molar-refractivity contribution < 1.29 is 39.5 Å². The van der Waals surface area contributed by atoms with Crippen LogP contribution >= 0.6 is 0 Å². The SMILES string of the molecule is O=C(Nc1cc(S(=O)(=O)N2CCCCCC2)ccc1OCC(F)(F)F)c1cccc(S(=O)(=O)N2CCc3ccccc32)c1. The zero-order chi connectivity index (χ0) is 30.8. The molecule has 5 rings (SSSR count). The van der Waals surface area contributed by atoms with Crippen molar-refractivity contribution in [3.05, 3.63) is 77.9 Å². The Labute approximate surface area is 248 Å². The maximum absolute atomic E-state index is 13.5. The van der Waals surface area contributed by atoms with Gasteiger partial charge in [0.15, 0.2) is 6.61 Å². The van der Waals surface area contributed by atoms with E-state index in [4.69, 9.17) is 4.74 Å². The third-order valence-corrected chi connectivity index (χ3v) is 11.0. The number of nitrogens with one attached hydrogen (secondary N) is 1. The molecular formula is C29H30F3N3O6S2. The number of hydrogen-bond acceptors (Lipinski definition) is 6. The quantitative estimate of drug-likeness (QED) is 0.364. The number of carbonyl (C=O) groups excluding carboxylic acids is 1. The highest BCUT2D eigenvalue weighted by molar-refractivity contribution is 7.92. The van der Waals surface area contributed by atoms with Gasteiger partial charge in [-0.1, -0.05) is 37.1 Å². The summed E-state index contributed by atoms with van der Waals surface area (Å²) in [6, 6.07) is 15.6. The van der Waals surface area contributed by atoms with Crippen molar-refractivity contribution in [3.63, 3.8) is 0 Å². The lowest BCUT2D eigenvalue weighted by atomic mass is 10.2. The Morgan fingerprint density at radius 3 is 2.23 bits per heavy atom. The molecule has 0 atom stereocenters. The van der Waals surface area contributed by atoms with Crippen LogP contribution in [-0.2, 0) is 26.5 Å². The minimum absolute atomic E-state index is 0.101. The standard InChI is InChI=1S/C29H30F3N3O6S2/c30-29(31,32)20-41-27-13-12-24(42(37,38)34-15-5-1-2-6-16-34)19-25(27)33-28(36)22-9-7-10-23(18-22)43(39,40)35-17-14-21-8-3-4-11-26(21)35/h3-4,7-13,18-19H,1-2,5-6,14-17,20H2,(H,33,36). The van der Waals surface area contributed by atoms with E-state index in [2.05, 4.69) is 5.32 Å². The fourth-order valence-electron chi connectivity index (χ4n) is 5.16. The van der Waals surface area contributed by atoms with Gasteiger partial charge in [-0.25, -0.2) is 16.8 Å². The summed E-state index contributed by atoms with van der Waals surface area (Å²) in [5.41, 5.74) is 1.02. The van der Waals surface area contributed by atoms with Crippen LogP contribution in [0.25, 0.3) is 0 Å². The summed E-state index contributed by atoms with van der Waals surface area (Å²) < 4.78 is 100. The molecular weight excluding hydrogens is 607 g/mol. The van der Waals surface area contributed by atoms with E-state index < -0.39 is 44.5 Å². The summed E-state index contributed by atoms with van der Waals surface area (Å²) in [5.74, 6) is -1.25. The molecule has 1 amide bonds. The summed E-state index contributed by atoms with van der Waals surface area (Å²) in [4.78, 5) is 13.0. The van der Waals surface area contributed by atoms with Gasteiger partial charge < -0.3 is 10.1 Å². The average Bonchev–Trinajstić information content (AvgIpc) is 3.22. The molecule has 0 bridgehead atoms. The number of anilines is 2. The molecule has 0 aromatic heterocycles. The van der Waals surface area contributed by atoms with Crippen LogP contribution < -0.4 is 14.4 Å². The average molecular weight is 638 g/mol. The first-order valence-electron chi connectivity index (χ1n) is 13.7. The highest BCUT2D eigenvalue weighted by Gasteiger charge is 2.32. The number of benzene rings is 3. The fraction of sp³-hybridized carbons (Fsp3) is 0.345. The largest absolute Gasteiger partial charge is 0.482 e. The van der Waals surface area contributed by atoms with E-state index in [-0.39, 0.29) is 27.6 Å². The van der Waals surface area contributed by atoms with Gasteiger partial charge >= 0.3 is 6.18 Å². The van der Waals surface area contributed by atoms with Gasteiger partial charge in [-0.3, -0.25) is 9.10 Å². The minimum Gasteiger partial charge on any atom is -0.482 e. The molecule has 1 saturated heterocycles. The number of hydrogen-bond donors (Lipinski definition) is 1. The maximum Gasteiger partial charge on any atom is 0.422 e. The molecule has 230 valence electrons. The molecule has 0 aliphatic carbocycles. The summed E-state index contributed by atoms with van der Waals surface area (Å²) in [7, 11) is -8.05. The van der Waals surface area contributed by atoms with E-state index in [1.807, 2.05) is 12.1 Å². The Hall–Kier alpha value is -3.62. The predicted molar refractivity (Wildman–Crippen MR) is 154 cm³/mol. The normalized spacial score (nSPS) is 16.4. The molecule has 0 saturated carbocycles. The summed E-state index contributed by atoms with van der Waals surface area (Å²) in [5, 5.41) is 2.43. The topological polar surface area (TPSA) is 113 Å². The van der Waals surface area contributed by atoms with E-state index in [0.717, 1.165) is 36.6 Å². The van der Waals surface area contributed by atoms with Crippen LogP contribution in [0.2, 0.25) is 0 Å². The number of alkyl halides is 3. The monoisotopic (exact) mass is 637 g/mol. The molecule has 9 nitrogen and oxygen atoms in total. The van der Waals surface area contributed by atoms with Crippen LogP contribution in [0.3, 0.4) is 0 Å². The van der Waals surface area contributed by atoms with Crippen LogP contribution in [0, 0.1) is 0 Å². The number of amides is 1. The van der Waals surface area contributed by atoms with E-state index >= 15 is 0 Å². The van der Waals surface area contributed by atoms with Crippen molar-refractivity contribution >= 4 is 37.3 Å². The zero-order valence-electron chi connectivity index (χ0n) is 23.0. The van der Waals surface area contributed by atoms with Crippen LogP contribution in [0.5, 0.6) is 5.75 Å². The number of sulfonamides is 2. The second kappa shape index (κ2) is 12.2. The number of para-hydroxylation sites is 1. The fourth-order valence-corrected chi connectivity index (χ4v) is 8.25. The molecule has 0 unspecified atom stereocenters. The van der Waals surface area contributed by atoms with Crippen molar-refractivity contribution in [1.29, 1.82) is 0 Å². The molecule has 3 aromatic carbocycles. The number of ether oxygens (including phenoxy) is 1. The molecule has 2 aliphatic rings. The number of rotatable bonds is 8. The van der Waals surface area contributed by atoms with E-state index in [0.29, 0.717) is 38.0 Å². The minimum atomic E-state index is -4.69. The van der Waals surface area contributed by atoms with E-state index in [1.54, 1.807) is 12.1 Å². The molecule has 0 radical (unpaired) electrons. The van der Waals surface area contributed by atoms with Gasteiger partial charge in [0.2, 0.25) is 10.0 Å². The lowest BCUT2D eigenvalue weighted by Crippen LogP contribution is -2.32. The Morgan fingerprint density at radius 1 is 0.814 bits per heavy atom. The highest BCUT2D eigenvalue weighted by Crippen LogP contribution is 2.34. The third-order valence-electron chi connectivity index (χ3n) is 7.32. The van der Waals surface area contributed by atoms with Gasteiger partial charge in [-0.15, -0.1) is 0 Å². The zero-order valence-corrected chi connectivity index (χ0v) is 24.6. The molecule has 2 aliphatic heterocycles. The van der Waals surface area contributed by atoms with Gasteiger partial charge in [0.05, 0.1) is 21.2 Å². The molecule has 1 fully saturated rings. The van der Waals surface area contributed by atoms with Gasteiger partial charge in [0.1, 0.15) is 5.75 Å². The second-order valence-electron chi connectivity index (χ2n) is 10.3. The number of halogens is 3.